The number of para-hydroxylation sites is 1. The summed E-state index contributed by atoms with van der Waals surface area (Å²) < 4.78 is 11.8. The summed E-state index contributed by atoms with van der Waals surface area (Å²) in [5.41, 5.74) is 1.65. The molecule has 2 heterocycles. The summed E-state index contributed by atoms with van der Waals surface area (Å²) in [5.74, 6) is 1.08. The summed E-state index contributed by atoms with van der Waals surface area (Å²) in [6.07, 6.45) is 6.37. The lowest BCUT2D eigenvalue weighted by Gasteiger charge is -2.30. The van der Waals surface area contributed by atoms with E-state index >= 15 is 0 Å². The molecule has 2 atom stereocenters. The molecule has 3 heteroatoms. The van der Waals surface area contributed by atoms with Crippen molar-refractivity contribution >= 4 is 0 Å². The maximum absolute atomic E-state index is 6.13. The zero-order valence-corrected chi connectivity index (χ0v) is 11.9. The summed E-state index contributed by atoms with van der Waals surface area (Å²) in [6.45, 7) is 2.89. The summed E-state index contributed by atoms with van der Waals surface area (Å²) >= 11 is 0. The first-order valence-corrected chi connectivity index (χ1v) is 7.89. The molecule has 0 amide bonds. The largest absolute Gasteiger partial charge is 0.490 e. The van der Waals surface area contributed by atoms with Crippen LogP contribution in [0.1, 0.15) is 31.2 Å². The van der Waals surface area contributed by atoms with E-state index in [0.29, 0.717) is 6.10 Å². The molecule has 0 bridgehead atoms. The Kier molecular flexibility index (Phi) is 3.20. The van der Waals surface area contributed by atoms with Crippen molar-refractivity contribution in [3.8, 4) is 5.75 Å². The molecule has 1 aromatic carbocycles. The quantitative estimate of drug-likeness (QED) is 0.894. The highest BCUT2D eigenvalue weighted by atomic mass is 16.5. The Balaban J connectivity index is 1.41. The third-order valence-corrected chi connectivity index (χ3v) is 4.90. The molecule has 2 fully saturated rings. The molecule has 2 unspecified atom stereocenters. The molecule has 0 aromatic heterocycles. The van der Waals surface area contributed by atoms with Crippen molar-refractivity contribution in [3.05, 3.63) is 29.8 Å². The van der Waals surface area contributed by atoms with Crippen molar-refractivity contribution in [2.75, 3.05) is 19.8 Å². The van der Waals surface area contributed by atoms with E-state index in [1.807, 2.05) is 0 Å². The Morgan fingerprint density at radius 3 is 2.90 bits per heavy atom. The second-order valence-corrected chi connectivity index (χ2v) is 6.71. The topological polar surface area (TPSA) is 30.5 Å². The number of hydrogen-bond donors (Lipinski definition) is 1. The summed E-state index contributed by atoms with van der Waals surface area (Å²) in [6, 6.07) is 9.22. The van der Waals surface area contributed by atoms with E-state index in [1.165, 1.54) is 24.8 Å². The third kappa shape index (κ3) is 2.57. The first kappa shape index (κ1) is 12.7. The van der Waals surface area contributed by atoms with E-state index in [9.17, 15) is 0 Å². The zero-order valence-electron chi connectivity index (χ0n) is 11.9. The van der Waals surface area contributed by atoms with E-state index in [-0.39, 0.29) is 5.41 Å². The molecule has 1 aromatic rings. The molecule has 3 nitrogen and oxygen atoms in total. The van der Waals surface area contributed by atoms with Crippen molar-refractivity contribution in [2.45, 2.75) is 44.2 Å². The number of benzene rings is 1. The van der Waals surface area contributed by atoms with Crippen LogP contribution in [-0.2, 0) is 11.2 Å². The zero-order chi connectivity index (χ0) is 13.4. The van der Waals surface area contributed by atoms with Crippen molar-refractivity contribution in [1.82, 2.24) is 5.32 Å². The summed E-state index contributed by atoms with van der Waals surface area (Å²) in [4.78, 5) is 0. The van der Waals surface area contributed by atoms with Gasteiger partial charge in [-0.2, -0.15) is 0 Å². The van der Waals surface area contributed by atoms with E-state index in [1.54, 1.807) is 0 Å². The molecule has 108 valence electrons. The van der Waals surface area contributed by atoms with Crippen LogP contribution in [0.4, 0.5) is 0 Å². The molecule has 1 N–H and O–H groups in total. The highest BCUT2D eigenvalue weighted by Crippen LogP contribution is 2.39. The summed E-state index contributed by atoms with van der Waals surface area (Å²) in [7, 11) is 0. The number of fused-ring (bicyclic) bond motifs is 1. The average Bonchev–Trinajstić information content (AvgIpc) is 3.03. The highest BCUT2D eigenvalue weighted by Gasteiger charge is 2.40. The smallest absolute Gasteiger partial charge is 0.123 e. The second-order valence-electron chi connectivity index (χ2n) is 6.71. The van der Waals surface area contributed by atoms with Gasteiger partial charge in [-0.1, -0.05) is 18.2 Å². The van der Waals surface area contributed by atoms with Crippen LogP contribution >= 0.6 is 0 Å². The van der Waals surface area contributed by atoms with Crippen LogP contribution < -0.4 is 10.1 Å². The van der Waals surface area contributed by atoms with E-state index in [0.717, 1.165) is 44.4 Å². The van der Waals surface area contributed by atoms with Crippen molar-refractivity contribution < 1.29 is 9.47 Å². The molecule has 2 aliphatic heterocycles. The van der Waals surface area contributed by atoms with Crippen molar-refractivity contribution in [3.63, 3.8) is 0 Å². The van der Waals surface area contributed by atoms with Gasteiger partial charge in [-0.05, 0) is 37.3 Å². The van der Waals surface area contributed by atoms with Crippen LogP contribution in [-0.4, -0.2) is 31.9 Å². The molecule has 1 saturated heterocycles. The normalized spacial score (nSPS) is 32.1. The minimum absolute atomic E-state index is 0.287. The Morgan fingerprint density at radius 1 is 1.25 bits per heavy atom. The molecular weight excluding hydrogens is 250 g/mol. The van der Waals surface area contributed by atoms with Crippen LogP contribution in [0.2, 0.25) is 0 Å². The molecule has 1 saturated carbocycles. The Morgan fingerprint density at radius 2 is 2.15 bits per heavy atom. The van der Waals surface area contributed by atoms with Crippen molar-refractivity contribution in [1.29, 1.82) is 0 Å². The minimum atomic E-state index is 0.287. The van der Waals surface area contributed by atoms with Gasteiger partial charge in [0.2, 0.25) is 0 Å². The van der Waals surface area contributed by atoms with Gasteiger partial charge in [-0.25, -0.2) is 0 Å². The predicted octanol–water partition coefficient (Wildman–Crippen LogP) is 2.54. The van der Waals surface area contributed by atoms with Crippen LogP contribution in [0.5, 0.6) is 5.75 Å². The second kappa shape index (κ2) is 5.05. The third-order valence-electron chi connectivity index (χ3n) is 4.90. The maximum Gasteiger partial charge on any atom is 0.123 e. The number of ether oxygens (including phenoxy) is 2. The summed E-state index contributed by atoms with van der Waals surface area (Å²) in [5, 5.41) is 3.70. The van der Waals surface area contributed by atoms with Gasteiger partial charge in [0.25, 0.3) is 0 Å². The van der Waals surface area contributed by atoms with Crippen LogP contribution in [0.25, 0.3) is 0 Å². The van der Waals surface area contributed by atoms with Crippen molar-refractivity contribution in [2.24, 2.45) is 5.41 Å². The lowest BCUT2D eigenvalue weighted by molar-refractivity contribution is 0.102. The average molecular weight is 273 g/mol. The molecule has 20 heavy (non-hydrogen) atoms. The number of nitrogens with one attached hydrogen (secondary N) is 1. The molecule has 0 spiro atoms. The number of rotatable bonds is 5. The monoisotopic (exact) mass is 273 g/mol. The van der Waals surface area contributed by atoms with Crippen LogP contribution in [0, 0.1) is 5.41 Å². The van der Waals surface area contributed by atoms with E-state index in [4.69, 9.17) is 9.47 Å². The number of hydrogen-bond acceptors (Lipinski definition) is 3. The molecule has 3 aliphatic rings. The fourth-order valence-electron chi connectivity index (χ4n) is 3.52. The van der Waals surface area contributed by atoms with Gasteiger partial charge in [0.15, 0.2) is 0 Å². The van der Waals surface area contributed by atoms with Crippen LogP contribution in [0.15, 0.2) is 24.3 Å². The van der Waals surface area contributed by atoms with Gasteiger partial charge >= 0.3 is 0 Å². The first-order valence-electron chi connectivity index (χ1n) is 7.89. The first-order chi connectivity index (χ1) is 9.83. The SMILES string of the molecule is c1ccc2c(c1)CC(CC1(CNC3CC3)CCOC1)O2. The Labute approximate surface area is 120 Å². The van der Waals surface area contributed by atoms with Gasteiger partial charge in [-0.15, -0.1) is 0 Å². The van der Waals surface area contributed by atoms with Gasteiger partial charge < -0.3 is 14.8 Å². The lowest BCUT2D eigenvalue weighted by Crippen LogP contribution is -2.39. The highest BCUT2D eigenvalue weighted by molar-refractivity contribution is 5.37. The minimum Gasteiger partial charge on any atom is -0.490 e. The van der Waals surface area contributed by atoms with E-state index in [2.05, 4.69) is 29.6 Å². The van der Waals surface area contributed by atoms with Gasteiger partial charge in [0.05, 0.1) is 6.61 Å². The van der Waals surface area contributed by atoms with Gasteiger partial charge in [0.1, 0.15) is 11.9 Å². The fraction of sp³-hybridized carbons (Fsp3) is 0.647. The molecular formula is C17H23NO2. The predicted molar refractivity (Wildman–Crippen MR) is 78.1 cm³/mol. The molecule has 4 rings (SSSR count). The molecule has 0 radical (unpaired) electrons. The Bertz CT molecular complexity index is 453. The fourth-order valence-corrected chi connectivity index (χ4v) is 3.52. The maximum atomic E-state index is 6.13. The molecule has 1 aliphatic carbocycles. The van der Waals surface area contributed by atoms with Gasteiger partial charge in [0, 0.05) is 31.0 Å². The Hall–Kier alpha value is -1.06. The lowest BCUT2D eigenvalue weighted by atomic mass is 9.80. The van der Waals surface area contributed by atoms with Crippen LogP contribution in [0.3, 0.4) is 0 Å². The standard InChI is InChI=1S/C17H23NO2/c1-2-4-16-13(3-1)9-15(20-16)10-17(7-8-19-12-17)11-18-14-5-6-14/h1-4,14-15,18H,5-12H2. The van der Waals surface area contributed by atoms with Gasteiger partial charge in [-0.3, -0.25) is 0 Å². The van der Waals surface area contributed by atoms with E-state index < -0.39 is 0 Å².